The van der Waals surface area contributed by atoms with Gasteiger partial charge in [-0.25, -0.2) is 8.78 Å². The van der Waals surface area contributed by atoms with Gasteiger partial charge in [0.05, 0.1) is 22.9 Å². The quantitative estimate of drug-likeness (QED) is 0.104. The second kappa shape index (κ2) is 23.2. The highest BCUT2D eigenvalue weighted by molar-refractivity contribution is 6.13. The fourth-order valence-corrected chi connectivity index (χ4v) is 10.00. The number of halogens is 2. The van der Waals surface area contributed by atoms with Gasteiger partial charge in [0.2, 0.25) is 0 Å². The molecule has 0 saturated carbocycles. The molecule has 1 saturated heterocycles. The van der Waals surface area contributed by atoms with Crippen LogP contribution in [0.4, 0.5) is 8.78 Å². The molecule has 390 valence electrons. The molecule has 0 aliphatic carbocycles. The molecule has 4 amide bonds. The Kier molecular flexibility index (Phi) is 15.4. The van der Waals surface area contributed by atoms with Gasteiger partial charge < -0.3 is 29.7 Å². The third-order valence-corrected chi connectivity index (χ3v) is 14.0. The average molecular weight is 1040 g/mol. The second-order valence-corrected chi connectivity index (χ2v) is 19.2. The second-order valence-electron chi connectivity index (χ2n) is 19.2. The molecular weight excluding hydrogens is 985 g/mol. The first-order chi connectivity index (χ1) is 38.0. The molecule has 0 radical (unpaired) electrons. The van der Waals surface area contributed by atoms with Crippen molar-refractivity contribution >= 4 is 45.6 Å². The minimum Gasteiger partial charge on any atom is -0.455 e. The molecule has 1 aliphatic rings. The molecule has 1 aliphatic heterocycles. The number of furan rings is 2. The summed E-state index contributed by atoms with van der Waals surface area (Å²) in [5.41, 5.74) is 9.73. The van der Waals surface area contributed by atoms with Crippen molar-refractivity contribution in [2.24, 2.45) is 0 Å². The van der Waals surface area contributed by atoms with Crippen LogP contribution in [0.2, 0.25) is 0 Å². The highest BCUT2D eigenvalue weighted by Crippen LogP contribution is 2.39. The normalized spacial score (nSPS) is 13.4. The molecule has 78 heavy (non-hydrogen) atoms. The van der Waals surface area contributed by atoms with Gasteiger partial charge in [-0.1, -0.05) is 72.8 Å². The number of nitrogens with zero attached hydrogens (tertiary/aromatic N) is 2. The van der Waals surface area contributed by atoms with Gasteiger partial charge in [-0.3, -0.25) is 24.2 Å². The van der Waals surface area contributed by atoms with Gasteiger partial charge in [0, 0.05) is 65.9 Å². The van der Waals surface area contributed by atoms with Crippen LogP contribution in [0.15, 0.2) is 197 Å². The van der Waals surface area contributed by atoms with Crippen molar-refractivity contribution in [3.8, 4) is 44.9 Å². The van der Waals surface area contributed by atoms with Crippen LogP contribution < -0.4 is 16.0 Å². The molecule has 3 aromatic heterocycles. The van der Waals surface area contributed by atoms with E-state index in [1.165, 1.54) is 29.8 Å². The zero-order chi connectivity index (χ0) is 54.3. The Bertz CT molecular complexity index is 3800. The van der Waals surface area contributed by atoms with Crippen molar-refractivity contribution in [1.82, 2.24) is 25.8 Å². The smallest absolute Gasteiger partial charge is 0.255 e. The number of nitrogens with one attached hydrogen (secondary N) is 3. The van der Waals surface area contributed by atoms with Crippen LogP contribution in [0.25, 0.3) is 66.8 Å². The lowest BCUT2D eigenvalue weighted by Gasteiger charge is -2.24. The summed E-state index contributed by atoms with van der Waals surface area (Å²) in [4.78, 5) is 58.8. The fraction of sp³-hybridized carbons (Fsp3) is 0.154. The highest BCUT2D eigenvalue weighted by Gasteiger charge is 2.32. The molecule has 11 nitrogen and oxygen atoms in total. The standard InChI is InChI=1S/C33H29FN2O3.C32H26FN3O3/c1-21(11-12-22-7-4-3-5-8-22)36-32(37)26-10-6-9-24(19-26)25-15-18-29-28(20-25)30(33(38)35-2)31(39-29)23-13-16-27(34)17-14-23;1-34-31(37)29-25-19-22(12-15-28(25)39-30(29)20-10-13-24(33)14-11-20)21-6-4-7-23(18-21)32(38)36-17-5-9-27(36)26-8-2-3-16-35-26/h3-10,13-21H,11-12H2,1-2H3,(H,35,38)(H,36,37);2-4,6-8,10-16,18-19,27H,5,9,17H2,1H3,(H,34,37). The van der Waals surface area contributed by atoms with Crippen molar-refractivity contribution in [2.45, 2.75) is 44.7 Å². The molecule has 1 fully saturated rings. The zero-order valence-corrected chi connectivity index (χ0v) is 43.2. The van der Waals surface area contributed by atoms with E-state index < -0.39 is 0 Å². The van der Waals surface area contributed by atoms with Gasteiger partial charge in [-0.15, -0.1) is 0 Å². The molecule has 0 bridgehead atoms. The minimum absolute atomic E-state index is 0.0173. The molecule has 10 aromatic rings. The third kappa shape index (κ3) is 11.2. The van der Waals surface area contributed by atoms with Crippen molar-refractivity contribution in [1.29, 1.82) is 0 Å². The summed E-state index contributed by atoms with van der Waals surface area (Å²) < 4.78 is 39.2. The lowest BCUT2D eigenvalue weighted by Crippen LogP contribution is -2.32. The predicted octanol–water partition coefficient (Wildman–Crippen LogP) is 13.7. The van der Waals surface area contributed by atoms with Crippen molar-refractivity contribution in [3.63, 3.8) is 0 Å². The van der Waals surface area contributed by atoms with Gasteiger partial charge >= 0.3 is 0 Å². The van der Waals surface area contributed by atoms with E-state index in [-0.39, 0.29) is 47.3 Å². The minimum atomic E-state index is -0.367. The number of benzene rings is 7. The topological polar surface area (TPSA) is 147 Å². The Morgan fingerprint density at radius 2 is 1.09 bits per heavy atom. The summed E-state index contributed by atoms with van der Waals surface area (Å²) >= 11 is 0. The molecule has 11 rings (SSSR count). The van der Waals surface area contributed by atoms with Crippen LogP contribution in [0.5, 0.6) is 0 Å². The number of hydrogen-bond donors (Lipinski definition) is 3. The molecule has 2 atom stereocenters. The number of pyridine rings is 1. The molecule has 2 unspecified atom stereocenters. The van der Waals surface area contributed by atoms with Gasteiger partial charge in [-0.05, 0) is 170 Å². The van der Waals surface area contributed by atoms with E-state index in [2.05, 4.69) is 33.1 Å². The maximum absolute atomic E-state index is 13.6. The van der Waals surface area contributed by atoms with Crippen molar-refractivity contribution in [3.05, 3.63) is 233 Å². The molecule has 0 spiro atoms. The zero-order valence-electron chi connectivity index (χ0n) is 43.2. The Hall–Kier alpha value is -9.49. The molecule has 3 N–H and O–H groups in total. The van der Waals surface area contributed by atoms with E-state index in [0.717, 1.165) is 53.6 Å². The maximum atomic E-state index is 13.6. The van der Waals surface area contributed by atoms with E-state index in [1.54, 1.807) is 50.6 Å². The molecule has 4 heterocycles. The van der Waals surface area contributed by atoms with Gasteiger partial charge in [-0.2, -0.15) is 0 Å². The van der Waals surface area contributed by atoms with Gasteiger partial charge in [0.25, 0.3) is 23.6 Å². The Morgan fingerprint density at radius 3 is 1.63 bits per heavy atom. The summed E-state index contributed by atoms with van der Waals surface area (Å²) in [6.07, 6.45) is 5.31. The van der Waals surface area contributed by atoms with Crippen LogP contribution in [0.3, 0.4) is 0 Å². The average Bonchev–Trinajstić information content (AvgIpc) is 4.28. The summed E-state index contributed by atoms with van der Waals surface area (Å²) in [6.45, 7) is 2.70. The van der Waals surface area contributed by atoms with E-state index in [9.17, 15) is 28.0 Å². The Morgan fingerprint density at radius 1 is 0.577 bits per heavy atom. The number of aryl methyl sites for hydroxylation is 1. The van der Waals surface area contributed by atoms with Crippen molar-refractivity contribution in [2.75, 3.05) is 20.6 Å². The summed E-state index contributed by atoms with van der Waals surface area (Å²) in [5, 5.41) is 9.73. The molecular formula is C65H55F2N5O6. The van der Waals surface area contributed by atoms with E-state index in [0.29, 0.717) is 73.4 Å². The number of likely N-dealkylation sites (tertiary alicyclic amines) is 1. The van der Waals surface area contributed by atoms with E-state index in [1.807, 2.05) is 127 Å². The number of aromatic nitrogens is 1. The third-order valence-electron chi connectivity index (χ3n) is 14.0. The largest absolute Gasteiger partial charge is 0.455 e. The molecule has 7 aromatic carbocycles. The highest BCUT2D eigenvalue weighted by atomic mass is 19.1. The number of hydrogen-bond acceptors (Lipinski definition) is 7. The first-order valence-corrected chi connectivity index (χ1v) is 25.8. The van der Waals surface area contributed by atoms with Gasteiger partial charge in [0.15, 0.2) is 0 Å². The van der Waals surface area contributed by atoms with Crippen molar-refractivity contribution < 1.29 is 36.8 Å². The first-order valence-electron chi connectivity index (χ1n) is 25.8. The van der Waals surface area contributed by atoms with Crippen LogP contribution in [0, 0.1) is 11.6 Å². The summed E-state index contributed by atoms with van der Waals surface area (Å²) in [6, 6.07) is 53.8. The van der Waals surface area contributed by atoms with Crippen LogP contribution in [-0.2, 0) is 6.42 Å². The number of carbonyl (C=O) groups excluding carboxylic acids is 4. The SMILES string of the molecule is CNC(=O)c1c(-c2ccc(F)cc2)oc2ccc(-c3cccc(C(=O)N4CCCC4c4ccccn4)c3)cc12.CNC(=O)c1c(-c2ccc(F)cc2)oc2ccc(-c3cccc(C(=O)NC(C)CCc4ccccc4)c3)cc12. The number of rotatable bonds is 13. The number of amides is 4. The monoisotopic (exact) mass is 1040 g/mol. The predicted molar refractivity (Wildman–Crippen MR) is 300 cm³/mol. The first kappa shape index (κ1) is 52.0. The van der Waals surface area contributed by atoms with Crippen LogP contribution in [-0.4, -0.2) is 60.2 Å². The number of carbonyl (C=O) groups is 4. The van der Waals surface area contributed by atoms with Crippen LogP contribution in [0.1, 0.15) is 84.9 Å². The molecule has 13 heteroatoms. The maximum Gasteiger partial charge on any atom is 0.255 e. The Labute approximate surface area is 449 Å². The van der Waals surface area contributed by atoms with E-state index in [4.69, 9.17) is 8.83 Å². The van der Waals surface area contributed by atoms with Gasteiger partial charge in [0.1, 0.15) is 34.3 Å². The lowest BCUT2D eigenvalue weighted by molar-refractivity contribution is 0.0732. The lowest BCUT2D eigenvalue weighted by atomic mass is 9.98. The number of fused-ring (bicyclic) bond motifs is 2. The fourth-order valence-electron chi connectivity index (χ4n) is 10.00. The van der Waals surface area contributed by atoms with E-state index >= 15 is 0 Å². The summed E-state index contributed by atoms with van der Waals surface area (Å²) in [7, 11) is 3.12. The van der Waals surface area contributed by atoms with Crippen LogP contribution >= 0.6 is 0 Å². The Balaban J connectivity index is 0.000000176. The summed E-state index contributed by atoms with van der Waals surface area (Å²) in [5.74, 6) is -0.752.